The van der Waals surface area contributed by atoms with Crippen molar-refractivity contribution >= 4 is 17.7 Å². The summed E-state index contributed by atoms with van der Waals surface area (Å²) >= 11 is 0. The van der Waals surface area contributed by atoms with Crippen molar-refractivity contribution in [1.29, 1.82) is 0 Å². The van der Waals surface area contributed by atoms with Gasteiger partial charge in [-0.25, -0.2) is 29.9 Å². The Morgan fingerprint density at radius 1 is 0.387 bits per heavy atom. The summed E-state index contributed by atoms with van der Waals surface area (Å²) in [6.07, 6.45) is 7.96. The molecule has 0 aliphatic carbocycles. The van der Waals surface area contributed by atoms with Crippen molar-refractivity contribution in [2.75, 3.05) is 60.4 Å². The molecule has 0 spiro atoms. The molecular weight excluding hydrogens is 1440 g/mol. The second-order valence-corrected chi connectivity index (χ2v) is 28.5. The lowest BCUT2D eigenvalue weighted by Gasteiger charge is -2.28. The normalized spacial score (nSPS) is 15.8. The molecule has 30 heteroatoms. The number of aryl methyl sites for hydroxylation is 6. The summed E-state index contributed by atoms with van der Waals surface area (Å²) in [5, 5.41) is 13.4. The van der Waals surface area contributed by atoms with E-state index in [9.17, 15) is 53.9 Å². The molecule has 3 atom stereocenters. The van der Waals surface area contributed by atoms with Crippen molar-refractivity contribution in [2.24, 2.45) is 17.2 Å². The first-order valence-corrected chi connectivity index (χ1v) is 36.4. The van der Waals surface area contributed by atoms with Crippen molar-refractivity contribution in [3.05, 3.63) is 230 Å². The molecule has 3 amide bonds. The van der Waals surface area contributed by atoms with Gasteiger partial charge in [-0.2, -0.15) is 54.8 Å². The first-order chi connectivity index (χ1) is 51.3. The van der Waals surface area contributed by atoms with Crippen molar-refractivity contribution in [2.45, 2.75) is 194 Å². The molecule has 0 bridgehead atoms. The lowest BCUT2D eigenvalue weighted by molar-refractivity contribution is -0.139. The minimum atomic E-state index is -4.56. The molecule has 0 saturated carbocycles. The Morgan fingerprint density at radius 2 is 0.622 bits per heavy atom. The third kappa shape index (κ3) is 24.1. The van der Waals surface area contributed by atoms with Crippen LogP contribution in [0, 0.1) is 0 Å². The summed E-state index contributed by atoms with van der Waals surface area (Å²) in [5.41, 5.74) is 20.7. The van der Waals surface area contributed by atoms with Crippen LogP contribution >= 0.6 is 0 Å². The van der Waals surface area contributed by atoms with Crippen LogP contribution in [-0.4, -0.2) is 152 Å². The standard InChI is InChI=1S/3C26H31F3N6O.3CH4/c3*1-17(25(30)36)21-6-4-3-5-19(21)7-8-23-22(26(27,28)29)15-31-24(33-23)13-18-14-32-35(16-18)20-9-11-34(2)12-10-20;;;/h3*3-6,14-17,20H,7-13H2,1-2H3,(H2,30,36);3*1H4/t2*17-;;;;/m10..../s1. The molecule has 0 radical (unpaired) electrons. The number of hydrogen-bond donors (Lipinski definition) is 3. The number of primary amides is 3. The topological polar surface area (TPSA) is 270 Å². The molecular formula is C81H105F9N18O3. The highest BCUT2D eigenvalue weighted by atomic mass is 19.4. The molecule has 21 nitrogen and oxygen atoms in total. The number of carbonyl (C=O) groups excluding carboxylic acids is 3. The summed E-state index contributed by atoms with van der Waals surface area (Å²) in [5.74, 6) is -2.10. The maximum atomic E-state index is 13.7. The molecule has 111 heavy (non-hydrogen) atoms. The van der Waals surface area contributed by atoms with Crippen LogP contribution in [0.2, 0.25) is 0 Å². The van der Waals surface area contributed by atoms with Crippen molar-refractivity contribution in [3.8, 4) is 0 Å². The van der Waals surface area contributed by atoms with Gasteiger partial charge in [0.1, 0.15) is 17.5 Å². The molecule has 600 valence electrons. The highest BCUT2D eigenvalue weighted by Gasteiger charge is 2.38. The minimum Gasteiger partial charge on any atom is -0.369 e. The van der Waals surface area contributed by atoms with Crippen LogP contribution < -0.4 is 17.2 Å². The van der Waals surface area contributed by atoms with Gasteiger partial charge in [0.2, 0.25) is 17.7 Å². The fraction of sp³-hybridized carbons (Fsp3) is 0.481. The van der Waals surface area contributed by atoms with Gasteiger partial charge in [-0.05, 0) is 208 Å². The number of alkyl halides is 9. The second kappa shape index (κ2) is 39.4. The molecule has 3 aliphatic heterocycles. The van der Waals surface area contributed by atoms with E-state index >= 15 is 0 Å². The van der Waals surface area contributed by atoms with Gasteiger partial charge in [-0.15, -0.1) is 0 Å². The van der Waals surface area contributed by atoms with Gasteiger partial charge in [0.05, 0.1) is 88.2 Å². The van der Waals surface area contributed by atoms with Crippen LogP contribution in [0.4, 0.5) is 39.5 Å². The Bertz CT molecular complexity index is 4050. The van der Waals surface area contributed by atoms with Crippen LogP contribution in [0.5, 0.6) is 0 Å². The second-order valence-electron chi connectivity index (χ2n) is 28.5. The van der Waals surface area contributed by atoms with E-state index in [-0.39, 0.29) is 58.6 Å². The van der Waals surface area contributed by atoms with E-state index < -0.39 is 70.7 Å². The summed E-state index contributed by atoms with van der Waals surface area (Å²) in [6, 6.07) is 22.5. The zero-order chi connectivity index (χ0) is 77.6. The third-order valence-electron chi connectivity index (χ3n) is 20.6. The minimum absolute atomic E-state index is 0. The maximum absolute atomic E-state index is 13.7. The molecule has 12 rings (SSSR count). The summed E-state index contributed by atoms with van der Waals surface area (Å²) in [7, 11) is 6.30. The monoisotopic (exact) mass is 1550 g/mol. The van der Waals surface area contributed by atoms with E-state index in [0.29, 0.717) is 90.8 Å². The van der Waals surface area contributed by atoms with Gasteiger partial charge in [0.15, 0.2) is 0 Å². The number of carbonyl (C=O) groups is 3. The third-order valence-corrected chi connectivity index (χ3v) is 20.6. The fourth-order valence-corrected chi connectivity index (χ4v) is 14.0. The van der Waals surface area contributed by atoms with E-state index in [2.05, 4.69) is 81.0 Å². The van der Waals surface area contributed by atoms with Gasteiger partial charge in [0.25, 0.3) is 0 Å². The van der Waals surface area contributed by atoms with Crippen LogP contribution in [0.15, 0.2) is 129 Å². The van der Waals surface area contributed by atoms with Gasteiger partial charge >= 0.3 is 18.5 Å². The number of benzene rings is 3. The number of rotatable bonds is 24. The Kier molecular flexibility index (Phi) is 31.4. The zero-order valence-corrected chi connectivity index (χ0v) is 61.5. The van der Waals surface area contributed by atoms with Gasteiger partial charge < -0.3 is 31.9 Å². The fourth-order valence-electron chi connectivity index (χ4n) is 14.0. The van der Waals surface area contributed by atoms with E-state index in [1.54, 1.807) is 94.0 Å². The van der Waals surface area contributed by atoms with Gasteiger partial charge in [-0.3, -0.25) is 28.4 Å². The van der Waals surface area contributed by atoms with Crippen LogP contribution in [0.25, 0.3) is 0 Å². The number of hydrogen-bond acceptors (Lipinski definition) is 15. The number of likely N-dealkylation sites (tertiary alicyclic amines) is 3. The number of halogens is 9. The molecule has 9 heterocycles. The highest BCUT2D eigenvalue weighted by Crippen LogP contribution is 2.36. The Morgan fingerprint density at radius 3 is 0.847 bits per heavy atom. The maximum Gasteiger partial charge on any atom is 0.419 e. The smallest absolute Gasteiger partial charge is 0.369 e. The largest absolute Gasteiger partial charge is 0.419 e. The van der Waals surface area contributed by atoms with Crippen LogP contribution in [0.1, 0.15) is 219 Å². The van der Waals surface area contributed by atoms with Crippen molar-refractivity contribution < 1.29 is 53.9 Å². The predicted molar refractivity (Wildman–Crippen MR) is 408 cm³/mol. The molecule has 3 saturated heterocycles. The van der Waals surface area contributed by atoms with Crippen molar-refractivity contribution in [3.63, 3.8) is 0 Å². The molecule has 3 fully saturated rings. The van der Waals surface area contributed by atoms with Gasteiger partial charge in [0, 0.05) is 56.4 Å². The van der Waals surface area contributed by atoms with E-state index in [1.807, 2.05) is 50.8 Å². The Hall–Kier alpha value is -9.81. The Labute approximate surface area is 644 Å². The summed E-state index contributed by atoms with van der Waals surface area (Å²) < 4.78 is 129. The van der Waals surface area contributed by atoms with Crippen LogP contribution in [0.3, 0.4) is 0 Å². The molecule has 6 aromatic heterocycles. The van der Waals surface area contributed by atoms with E-state index in [4.69, 9.17) is 17.2 Å². The number of aromatic nitrogens is 12. The van der Waals surface area contributed by atoms with E-state index in [0.717, 1.165) is 130 Å². The number of nitrogens with zero attached hydrogens (tertiary/aromatic N) is 15. The lowest BCUT2D eigenvalue weighted by Crippen LogP contribution is -2.31. The lowest BCUT2D eigenvalue weighted by atomic mass is 9.92. The first kappa shape index (κ1) is 88.4. The van der Waals surface area contributed by atoms with Crippen LogP contribution in [-0.2, 0) is 90.7 Å². The summed E-state index contributed by atoms with van der Waals surface area (Å²) in [6.45, 7) is 11.1. The molecule has 6 N–H and O–H groups in total. The highest BCUT2D eigenvalue weighted by molar-refractivity contribution is 5.83. The van der Waals surface area contributed by atoms with E-state index in [1.165, 1.54) is 0 Å². The summed E-state index contributed by atoms with van der Waals surface area (Å²) in [4.78, 5) is 67.0. The quantitative estimate of drug-likeness (QED) is 0.0475. The molecule has 3 aliphatic rings. The number of amides is 3. The number of nitrogens with two attached hydrogens (primary N) is 3. The van der Waals surface area contributed by atoms with Gasteiger partial charge in [-0.1, -0.05) is 95.1 Å². The zero-order valence-electron chi connectivity index (χ0n) is 61.5. The average Bonchev–Trinajstić information content (AvgIpc) is 1.25. The van der Waals surface area contributed by atoms with Crippen molar-refractivity contribution in [1.82, 2.24) is 73.9 Å². The Balaban J connectivity index is 0.000000228. The predicted octanol–water partition coefficient (Wildman–Crippen LogP) is 13.7. The number of piperidine rings is 3. The molecule has 9 aromatic rings. The molecule has 3 aromatic carbocycles. The first-order valence-electron chi connectivity index (χ1n) is 36.4. The SMILES string of the molecule is C.C.C.CC(C(N)=O)c1ccccc1CCc1nc(Cc2cnn(C3CCN(C)CC3)c2)ncc1C(F)(F)F.C[C@@H](C(N)=O)c1ccccc1CCc1nc(Cc2cnn(C3CCN(C)CC3)c2)ncc1C(F)(F)F.C[C@H](C(N)=O)c1ccccc1CCc1nc(Cc2cnn(C3CCN(C)CC3)c2)ncc1C(F)(F)F. The molecule has 1 unspecified atom stereocenters. The average molecular weight is 1550 g/mol.